The Morgan fingerprint density at radius 2 is 1.59 bits per heavy atom. The van der Waals surface area contributed by atoms with Crippen molar-refractivity contribution < 1.29 is 14.0 Å². The van der Waals surface area contributed by atoms with Crippen LogP contribution in [-0.4, -0.2) is 11.8 Å². The molecular formula is C17H15ClFNO2. The average molecular weight is 320 g/mol. The number of carbonyl (C=O) groups is 2. The van der Waals surface area contributed by atoms with Gasteiger partial charge in [0.25, 0.3) is 0 Å². The number of nitrogens with zero attached hydrogens (tertiary/aromatic N) is 1. The fourth-order valence-corrected chi connectivity index (χ4v) is 5.59. The van der Waals surface area contributed by atoms with Crippen LogP contribution in [0.5, 0.6) is 0 Å². The lowest BCUT2D eigenvalue weighted by molar-refractivity contribution is -0.129. The predicted octanol–water partition coefficient (Wildman–Crippen LogP) is 3.26. The molecule has 22 heavy (non-hydrogen) atoms. The van der Waals surface area contributed by atoms with Crippen LogP contribution >= 0.6 is 11.6 Å². The second kappa shape index (κ2) is 4.10. The number of benzene rings is 1. The Bertz CT molecular complexity index is 687. The molecule has 4 saturated carbocycles. The van der Waals surface area contributed by atoms with Crippen LogP contribution in [-0.2, 0) is 9.59 Å². The molecule has 1 heterocycles. The molecule has 114 valence electrons. The molecule has 6 atom stereocenters. The van der Waals surface area contributed by atoms with Gasteiger partial charge in [-0.25, -0.2) is 9.29 Å². The Kier molecular flexibility index (Phi) is 2.44. The van der Waals surface area contributed by atoms with Crippen LogP contribution in [0.25, 0.3) is 0 Å². The maximum absolute atomic E-state index is 13.3. The highest BCUT2D eigenvalue weighted by molar-refractivity contribution is 6.31. The largest absolute Gasteiger partial charge is 0.274 e. The third-order valence-corrected chi connectivity index (χ3v) is 6.60. The topological polar surface area (TPSA) is 37.4 Å². The smallest absolute Gasteiger partial charge is 0.237 e. The lowest BCUT2D eigenvalue weighted by Crippen LogP contribution is -2.43. The molecule has 1 aromatic carbocycles. The van der Waals surface area contributed by atoms with E-state index >= 15 is 0 Å². The molecule has 0 radical (unpaired) electrons. The molecule has 0 spiro atoms. The molecule has 1 aliphatic heterocycles. The Hall–Kier alpha value is -1.42. The van der Waals surface area contributed by atoms with Crippen molar-refractivity contribution >= 4 is 29.1 Å². The van der Waals surface area contributed by atoms with Gasteiger partial charge in [0, 0.05) is 0 Å². The summed E-state index contributed by atoms with van der Waals surface area (Å²) >= 11 is 5.82. The minimum Gasteiger partial charge on any atom is -0.274 e. The van der Waals surface area contributed by atoms with Gasteiger partial charge < -0.3 is 0 Å². The third-order valence-electron chi connectivity index (χ3n) is 6.31. The normalized spacial score (nSPS) is 41.6. The van der Waals surface area contributed by atoms with Crippen molar-refractivity contribution in [3.8, 4) is 0 Å². The van der Waals surface area contributed by atoms with Crippen LogP contribution in [0.1, 0.15) is 19.3 Å². The van der Waals surface area contributed by atoms with E-state index in [1.807, 2.05) is 0 Å². The summed E-state index contributed by atoms with van der Waals surface area (Å²) in [5, 5.41) is -0.0567. The summed E-state index contributed by atoms with van der Waals surface area (Å²) in [5.41, 5.74) is 0.406. The van der Waals surface area contributed by atoms with Crippen LogP contribution in [0.4, 0.5) is 10.1 Å². The van der Waals surface area contributed by atoms with E-state index in [0.717, 1.165) is 12.8 Å². The summed E-state index contributed by atoms with van der Waals surface area (Å²) in [6, 6.07) is 4.07. The molecule has 4 aliphatic carbocycles. The molecule has 3 nitrogen and oxygen atoms in total. The van der Waals surface area contributed by atoms with Crippen molar-refractivity contribution in [3.63, 3.8) is 0 Å². The first-order chi connectivity index (χ1) is 10.6. The van der Waals surface area contributed by atoms with E-state index in [9.17, 15) is 14.0 Å². The van der Waals surface area contributed by atoms with Gasteiger partial charge in [-0.1, -0.05) is 11.6 Å². The zero-order valence-electron chi connectivity index (χ0n) is 11.8. The maximum atomic E-state index is 13.3. The Balaban J connectivity index is 1.57. The molecular weight excluding hydrogens is 305 g/mol. The van der Waals surface area contributed by atoms with Gasteiger partial charge in [-0.2, -0.15) is 0 Å². The minimum atomic E-state index is -0.539. The lowest BCUT2D eigenvalue weighted by Gasteiger charge is -2.42. The Morgan fingerprint density at radius 1 is 1.00 bits per heavy atom. The van der Waals surface area contributed by atoms with Gasteiger partial charge in [0.1, 0.15) is 5.82 Å². The van der Waals surface area contributed by atoms with Crippen molar-refractivity contribution in [3.05, 3.63) is 29.0 Å². The molecule has 5 fully saturated rings. The van der Waals surface area contributed by atoms with Gasteiger partial charge in [-0.15, -0.1) is 0 Å². The highest BCUT2D eigenvalue weighted by atomic mass is 35.5. The van der Waals surface area contributed by atoms with Gasteiger partial charge in [-0.05, 0) is 61.1 Å². The van der Waals surface area contributed by atoms with E-state index < -0.39 is 5.82 Å². The van der Waals surface area contributed by atoms with Crippen molar-refractivity contribution in [1.82, 2.24) is 0 Å². The zero-order valence-corrected chi connectivity index (χ0v) is 12.6. The molecule has 5 aliphatic rings. The number of carbonyl (C=O) groups excluding carboxylic acids is 2. The van der Waals surface area contributed by atoms with E-state index in [2.05, 4.69) is 0 Å². The third kappa shape index (κ3) is 1.47. The molecule has 5 heteroatoms. The second-order valence-electron chi connectivity index (χ2n) is 7.13. The number of hydrogen-bond donors (Lipinski definition) is 0. The average Bonchev–Trinajstić information content (AvgIpc) is 3.28. The van der Waals surface area contributed by atoms with E-state index in [1.165, 1.54) is 29.5 Å². The van der Waals surface area contributed by atoms with Gasteiger partial charge in [0.2, 0.25) is 11.8 Å². The van der Waals surface area contributed by atoms with E-state index in [0.29, 0.717) is 29.4 Å². The number of anilines is 1. The number of imide groups is 1. The highest BCUT2D eigenvalue weighted by Gasteiger charge is 2.68. The van der Waals surface area contributed by atoms with Gasteiger partial charge in [0.05, 0.1) is 22.5 Å². The highest BCUT2D eigenvalue weighted by Crippen LogP contribution is 2.68. The molecule has 6 rings (SSSR count). The van der Waals surface area contributed by atoms with Crippen molar-refractivity contribution in [2.24, 2.45) is 35.5 Å². The number of fused-ring (bicyclic) bond motifs is 1. The van der Waals surface area contributed by atoms with Crippen LogP contribution in [0.15, 0.2) is 18.2 Å². The number of hydrogen-bond acceptors (Lipinski definition) is 2. The van der Waals surface area contributed by atoms with Gasteiger partial charge in [-0.3, -0.25) is 9.59 Å². The monoisotopic (exact) mass is 319 g/mol. The van der Waals surface area contributed by atoms with Crippen LogP contribution in [0, 0.1) is 41.3 Å². The fraction of sp³-hybridized carbons (Fsp3) is 0.529. The second-order valence-corrected chi connectivity index (χ2v) is 7.54. The Labute approximate surface area is 132 Å². The summed E-state index contributed by atoms with van der Waals surface area (Å²) in [6.45, 7) is 0. The molecule has 0 aromatic heterocycles. The van der Waals surface area contributed by atoms with Crippen LogP contribution < -0.4 is 4.90 Å². The first-order valence-electron chi connectivity index (χ1n) is 7.91. The van der Waals surface area contributed by atoms with E-state index in [-0.39, 0.29) is 28.7 Å². The quantitative estimate of drug-likeness (QED) is 0.745. The first kappa shape index (κ1) is 13.1. The molecule has 2 amide bonds. The molecule has 1 aromatic rings. The summed E-state index contributed by atoms with van der Waals surface area (Å²) in [4.78, 5) is 27.0. The summed E-state index contributed by atoms with van der Waals surface area (Å²) in [6.07, 6.45) is 3.35. The first-order valence-corrected chi connectivity index (χ1v) is 8.28. The molecule has 2 bridgehead atoms. The molecule has 0 unspecified atom stereocenters. The molecule has 1 saturated heterocycles. The zero-order chi connectivity index (χ0) is 15.2. The molecule has 0 N–H and O–H groups in total. The van der Waals surface area contributed by atoms with E-state index in [4.69, 9.17) is 11.6 Å². The number of amides is 2. The SMILES string of the molecule is O=C1[C@@H]2[C@@H]3CC[C@@H]([C@H]4C[C@H]43)[C@@H]2C(=O)N1c1ccc(F)c(Cl)c1. The predicted molar refractivity (Wildman–Crippen MR) is 78.7 cm³/mol. The van der Waals surface area contributed by atoms with Crippen LogP contribution in [0.2, 0.25) is 5.02 Å². The number of rotatable bonds is 1. The maximum Gasteiger partial charge on any atom is 0.237 e. The van der Waals surface area contributed by atoms with Gasteiger partial charge in [0.15, 0.2) is 0 Å². The van der Waals surface area contributed by atoms with Crippen molar-refractivity contribution in [1.29, 1.82) is 0 Å². The summed E-state index contributed by atoms with van der Waals surface area (Å²) in [7, 11) is 0. The summed E-state index contributed by atoms with van der Waals surface area (Å²) < 4.78 is 13.3. The lowest BCUT2D eigenvalue weighted by atomic mass is 9.59. The number of halogens is 2. The van der Waals surface area contributed by atoms with Crippen molar-refractivity contribution in [2.75, 3.05) is 4.90 Å². The van der Waals surface area contributed by atoms with Gasteiger partial charge >= 0.3 is 0 Å². The summed E-state index contributed by atoms with van der Waals surface area (Å²) in [5.74, 6) is 1.02. The minimum absolute atomic E-state index is 0.0567. The van der Waals surface area contributed by atoms with Crippen LogP contribution in [0.3, 0.4) is 0 Å². The Morgan fingerprint density at radius 3 is 2.14 bits per heavy atom. The standard InChI is InChI=1S/C17H15ClFNO2/c18-12-5-7(1-4-13(12)19)20-16(21)14-8-2-3-9(11-6-10(8)11)15(14)17(20)22/h1,4-5,8-11,14-15H,2-3,6H2/t8-,9+,10+,11-,14-,15+. The van der Waals surface area contributed by atoms with Crippen molar-refractivity contribution in [2.45, 2.75) is 19.3 Å². The fourth-order valence-electron chi connectivity index (χ4n) is 5.42. The van der Waals surface area contributed by atoms with E-state index in [1.54, 1.807) is 0 Å².